The largest absolute Gasteiger partial charge is 0.480 e. The SMILES string of the molecule is CC[C@H](C)[C@H](NC(=O)COC(C)(C)C)C(=O)O. The molecular weight excluding hydrogens is 222 g/mol. The van der Waals surface area contributed by atoms with Gasteiger partial charge < -0.3 is 15.2 Å². The number of carboxylic acid groups (broad SMARTS) is 1. The van der Waals surface area contributed by atoms with Crippen LogP contribution >= 0.6 is 0 Å². The standard InChI is InChI=1S/C12H23NO4/c1-6-8(2)10(11(15)16)13-9(14)7-17-12(3,4)5/h8,10H,6-7H2,1-5H3,(H,13,14)(H,15,16)/t8-,10-/m0/s1. The maximum Gasteiger partial charge on any atom is 0.326 e. The van der Waals surface area contributed by atoms with Crippen molar-refractivity contribution in [1.82, 2.24) is 5.32 Å². The van der Waals surface area contributed by atoms with Crippen LogP contribution in [-0.4, -0.2) is 35.2 Å². The summed E-state index contributed by atoms with van der Waals surface area (Å²) in [7, 11) is 0. The Kier molecular flexibility index (Phi) is 6.16. The zero-order valence-corrected chi connectivity index (χ0v) is 11.2. The molecule has 0 unspecified atom stereocenters. The third kappa shape index (κ3) is 6.94. The summed E-state index contributed by atoms with van der Waals surface area (Å²) in [6.45, 7) is 9.07. The molecule has 0 aliphatic rings. The highest BCUT2D eigenvalue weighted by atomic mass is 16.5. The van der Waals surface area contributed by atoms with Crippen molar-refractivity contribution in [2.75, 3.05) is 6.61 Å². The Bertz CT molecular complexity index is 270. The molecule has 0 fully saturated rings. The van der Waals surface area contributed by atoms with E-state index in [1.807, 2.05) is 27.7 Å². The normalized spacial score (nSPS) is 15.1. The predicted molar refractivity (Wildman–Crippen MR) is 64.7 cm³/mol. The third-order valence-electron chi connectivity index (χ3n) is 2.43. The Balaban J connectivity index is 4.28. The van der Waals surface area contributed by atoms with Crippen LogP contribution in [0.3, 0.4) is 0 Å². The van der Waals surface area contributed by atoms with Crippen LogP contribution < -0.4 is 5.32 Å². The summed E-state index contributed by atoms with van der Waals surface area (Å²) >= 11 is 0. The van der Waals surface area contributed by atoms with Crippen LogP contribution in [0.15, 0.2) is 0 Å². The number of ether oxygens (including phenoxy) is 1. The lowest BCUT2D eigenvalue weighted by Crippen LogP contribution is -2.46. The van der Waals surface area contributed by atoms with Gasteiger partial charge in [0, 0.05) is 0 Å². The van der Waals surface area contributed by atoms with E-state index in [-0.39, 0.29) is 12.5 Å². The van der Waals surface area contributed by atoms with Crippen molar-refractivity contribution < 1.29 is 19.4 Å². The van der Waals surface area contributed by atoms with Crippen molar-refractivity contribution >= 4 is 11.9 Å². The monoisotopic (exact) mass is 245 g/mol. The summed E-state index contributed by atoms with van der Waals surface area (Å²) < 4.78 is 5.28. The van der Waals surface area contributed by atoms with Crippen molar-refractivity contribution in [2.24, 2.45) is 5.92 Å². The second kappa shape index (κ2) is 6.59. The molecule has 2 N–H and O–H groups in total. The van der Waals surface area contributed by atoms with E-state index in [1.54, 1.807) is 6.92 Å². The predicted octanol–water partition coefficient (Wildman–Crippen LogP) is 1.42. The van der Waals surface area contributed by atoms with Gasteiger partial charge in [-0.25, -0.2) is 4.79 Å². The van der Waals surface area contributed by atoms with Crippen molar-refractivity contribution in [3.63, 3.8) is 0 Å². The smallest absolute Gasteiger partial charge is 0.326 e. The second-order valence-electron chi connectivity index (χ2n) is 5.17. The molecule has 2 atom stereocenters. The van der Waals surface area contributed by atoms with Crippen LogP contribution in [0.4, 0.5) is 0 Å². The maximum absolute atomic E-state index is 11.5. The molecule has 17 heavy (non-hydrogen) atoms. The molecule has 0 aromatic rings. The highest BCUT2D eigenvalue weighted by Crippen LogP contribution is 2.09. The molecule has 1 amide bonds. The van der Waals surface area contributed by atoms with E-state index >= 15 is 0 Å². The Hall–Kier alpha value is -1.10. The number of hydrogen-bond acceptors (Lipinski definition) is 3. The minimum absolute atomic E-state index is 0.105. The summed E-state index contributed by atoms with van der Waals surface area (Å²) in [5, 5.41) is 11.5. The number of aliphatic carboxylic acids is 1. The summed E-state index contributed by atoms with van der Waals surface area (Å²) in [6.07, 6.45) is 0.692. The van der Waals surface area contributed by atoms with Gasteiger partial charge in [-0.3, -0.25) is 4.79 Å². The van der Waals surface area contributed by atoms with Crippen LogP contribution in [-0.2, 0) is 14.3 Å². The number of amides is 1. The molecule has 100 valence electrons. The fourth-order valence-corrected chi connectivity index (χ4v) is 1.18. The van der Waals surface area contributed by atoms with Gasteiger partial charge in [0.05, 0.1) is 5.60 Å². The van der Waals surface area contributed by atoms with E-state index in [1.165, 1.54) is 0 Å². The molecule has 0 aromatic heterocycles. The van der Waals surface area contributed by atoms with Gasteiger partial charge in [0.15, 0.2) is 0 Å². The van der Waals surface area contributed by atoms with Crippen LogP contribution in [0.25, 0.3) is 0 Å². The first-order valence-corrected chi connectivity index (χ1v) is 5.83. The zero-order chi connectivity index (χ0) is 13.6. The number of nitrogens with one attached hydrogen (secondary N) is 1. The molecule has 0 spiro atoms. The minimum Gasteiger partial charge on any atom is -0.480 e. The molecule has 0 aromatic carbocycles. The first kappa shape index (κ1) is 15.9. The maximum atomic E-state index is 11.5. The fourth-order valence-electron chi connectivity index (χ4n) is 1.18. The molecular formula is C12H23NO4. The highest BCUT2D eigenvalue weighted by molar-refractivity contribution is 5.84. The van der Waals surface area contributed by atoms with Crippen LogP contribution in [0, 0.1) is 5.92 Å². The Labute approximate surface area is 103 Å². The lowest BCUT2D eigenvalue weighted by molar-refractivity contribution is -0.145. The molecule has 0 rings (SSSR count). The van der Waals surface area contributed by atoms with Crippen LogP contribution in [0.2, 0.25) is 0 Å². The first-order valence-electron chi connectivity index (χ1n) is 5.83. The van der Waals surface area contributed by atoms with Crippen molar-refractivity contribution in [3.05, 3.63) is 0 Å². The van der Waals surface area contributed by atoms with E-state index in [9.17, 15) is 9.59 Å². The number of carboxylic acids is 1. The Morgan fingerprint density at radius 3 is 2.24 bits per heavy atom. The summed E-state index contributed by atoms with van der Waals surface area (Å²) in [4.78, 5) is 22.5. The van der Waals surface area contributed by atoms with Crippen LogP contribution in [0.5, 0.6) is 0 Å². The lowest BCUT2D eigenvalue weighted by atomic mass is 9.99. The van der Waals surface area contributed by atoms with Gasteiger partial charge in [-0.05, 0) is 26.7 Å². The molecule has 5 nitrogen and oxygen atoms in total. The number of hydrogen-bond donors (Lipinski definition) is 2. The lowest BCUT2D eigenvalue weighted by Gasteiger charge is -2.22. The molecule has 0 saturated carbocycles. The van der Waals surface area contributed by atoms with E-state index < -0.39 is 23.5 Å². The van der Waals surface area contributed by atoms with Crippen molar-refractivity contribution in [1.29, 1.82) is 0 Å². The Morgan fingerprint density at radius 2 is 1.88 bits per heavy atom. The van der Waals surface area contributed by atoms with E-state index in [2.05, 4.69) is 5.32 Å². The average molecular weight is 245 g/mol. The van der Waals surface area contributed by atoms with Gasteiger partial charge in [0.25, 0.3) is 0 Å². The minimum atomic E-state index is -1.01. The zero-order valence-electron chi connectivity index (χ0n) is 11.2. The topological polar surface area (TPSA) is 75.6 Å². The molecule has 0 bridgehead atoms. The third-order valence-corrected chi connectivity index (χ3v) is 2.43. The first-order chi connectivity index (χ1) is 7.67. The van der Waals surface area contributed by atoms with Gasteiger partial charge in [0.1, 0.15) is 12.6 Å². The molecule has 5 heteroatoms. The highest BCUT2D eigenvalue weighted by Gasteiger charge is 2.25. The molecule has 0 aliphatic heterocycles. The van der Waals surface area contributed by atoms with Gasteiger partial charge in [-0.15, -0.1) is 0 Å². The number of carbonyl (C=O) groups is 2. The van der Waals surface area contributed by atoms with E-state index in [0.717, 1.165) is 0 Å². The van der Waals surface area contributed by atoms with Crippen molar-refractivity contribution in [2.45, 2.75) is 52.7 Å². The number of rotatable bonds is 6. The summed E-state index contributed by atoms with van der Waals surface area (Å²) in [6, 6.07) is -0.851. The Morgan fingerprint density at radius 1 is 1.35 bits per heavy atom. The van der Waals surface area contributed by atoms with Crippen LogP contribution in [0.1, 0.15) is 41.0 Å². The second-order valence-corrected chi connectivity index (χ2v) is 5.17. The van der Waals surface area contributed by atoms with E-state index in [0.29, 0.717) is 6.42 Å². The van der Waals surface area contributed by atoms with Gasteiger partial charge in [-0.2, -0.15) is 0 Å². The average Bonchev–Trinajstić information content (AvgIpc) is 2.20. The molecule has 0 heterocycles. The molecule has 0 radical (unpaired) electrons. The quantitative estimate of drug-likeness (QED) is 0.742. The fraction of sp³-hybridized carbons (Fsp3) is 0.833. The number of carbonyl (C=O) groups excluding carboxylic acids is 1. The van der Waals surface area contributed by atoms with Gasteiger partial charge in [0.2, 0.25) is 5.91 Å². The van der Waals surface area contributed by atoms with Gasteiger partial charge in [-0.1, -0.05) is 20.3 Å². The molecule has 0 aliphatic carbocycles. The van der Waals surface area contributed by atoms with Crippen molar-refractivity contribution in [3.8, 4) is 0 Å². The molecule has 0 saturated heterocycles. The van der Waals surface area contributed by atoms with E-state index in [4.69, 9.17) is 9.84 Å². The summed E-state index contributed by atoms with van der Waals surface area (Å²) in [5.74, 6) is -1.51. The summed E-state index contributed by atoms with van der Waals surface area (Å²) in [5.41, 5.74) is -0.410. The van der Waals surface area contributed by atoms with Gasteiger partial charge >= 0.3 is 5.97 Å².